The molecule has 1 amide bonds. The maximum Gasteiger partial charge on any atom is 0.243 e. The van der Waals surface area contributed by atoms with E-state index in [9.17, 15) is 13.2 Å². The molecule has 6 nitrogen and oxygen atoms in total. The number of benzene rings is 2. The summed E-state index contributed by atoms with van der Waals surface area (Å²) in [6.07, 6.45) is 3.44. The van der Waals surface area contributed by atoms with Crippen LogP contribution in [0.3, 0.4) is 0 Å². The molecule has 0 bridgehead atoms. The van der Waals surface area contributed by atoms with Crippen molar-refractivity contribution in [1.82, 2.24) is 14.5 Å². The molecule has 0 aromatic heterocycles. The second-order valence-electron chi connectivity index (χ2n) is 8.97. The van der Waals surface area contributed by atoms with Crippen molar-refractivity contribution in [2.75, 3.05) is 32.7 Å². The zero-order valence-electron chi connectivity index (χ0n) is 18.5. The van der Waals surface area contributed by atoms with Gasteiger partial charge in [-0.2, -0.15) is 4.31 Å². The Hall–Kier alpha value is -2.22. The minimum atomic E-state index is -3.48. The van der Waals surface area contributed by atoms with Crippen molar-refractivity contribution in [3.05, 3.63) is 66.2 Å². The van der Waals surface area contributed by atoms with Gasteiger partial charge in [0, 0.05) is 38.6 Å². The Balaban J connectivity index is 1.22. The first-order valence-electron chi connectivity index (χ1n) is 11.6. The van der Waals surface area contributed by atoms with Gasteiger partial charge < -0.3 is 5.32 Å². The summed E-state index contributed by atoms with van der Waals surface area (Å²) in [5, 5.41) is 3.16. The second kappa shape index (κ2) is 10.6. The number of sulfonamides is 1. The van der Waals surface area contributed by atoms with Crippen molar-refractivity contribution < 1.29 is 13.2 Å². The highest BCUT2D eigenvalue weighted by atomic mass is 32.2. The molecule has 2 aromatic carbocycles. The Kier molecular flexibility index (Phi) is 7.60. The first kappa shape index (κ1) is 23.0. The number of hydrogen-bond acceptors (Lipinski definition) is 4. The predicted octanol–water partition coefficient (Wildman–Crippen LogP) is 3.12. The number of piperidine rings is 2. The van der Waals surface area contributed by atoms with Gasteiger partial charge in [0.2, 0.25) is 15.9 Å². The van der Waals surface area contributed by atoms with E-state index in [1.807, 2.05) is 12.1 Å². The normalized spacial score (nSPS) is 21.3. The number of carbonyl (C=O) groups excluding carboxylic acids is 1. The van der Waals surface area contributed by atoms with Gasteiger partial charge in [0.25, 0.3) is 0 Å². The molecule has 172 valence electrons. The van der Waals surface area contributed by atoms with Crippen molar-refractivity contribution in [3.63, 3.8) is 0 Å². The highest BCUT2D eigenvalue weighted by Crippen LogP contribution is 2.24. The molecule has 0 aliphatic carbocycles. The lowest BCUT2D eigenvalue weighted by molar-refractivity contribution is -0.126. The summed E-state index contributed by atoms with van der Waals surface area (Å²) in [6, 6.07) is 19.0. The van der Waals surface area contributed by atoms with Crippen LogP contribution in [-0.4, -0.2) is 56.3 Å². The number of rotatable bonds is 7. The van der Waals surface area contributed by atoms with E-state index in [0.29, 0.717) is 43.3 Å². The number of amides is 1. The Bertz CT molecular complexity index is 974. The van der Waals surface area contributed by atoms with Crippen LogP contribution < -0.4 is 5.32 Å². The SMILES string of the molecule is O=C(NCC1CCCN(Cc2ccccc2)C1)C1CCN(S(=O)(=O)c2ccccc2)CC1. The minimum Gasteiger partial charge on any atom is -0.356 e. The molecular weight excluding hydrogens is 422 g/mol. The standard InChI is InChI=1S/C25H33N3O3S/c29-25(23-13-16-28(17-14-23)32(30,31)24-11-5-2-6-12-24)26-18-22-10-7-15-27(20-22)19-21-8-3-1-4-9-21/h1-6,8-9,11-12,22-23H,7,10,13-20H2,(H,26,29). The molecular formula is C25H33N3O3S. The molecule has 2 heterocycles. The lowest BCUT2D eigenvalue weighted by Gasteiger charge is -2.34. The summed E-state index contributed by atoms with van der Waals surface area (Å²) < 4.78 is 27.1. The molecule has 2 aromatic rings. The van der Waals surface area contributed by atoms with Gasteiger partial charge in [-0.05, 0) is 55.8 Å². The van der Waals surface area contributed by atoms with Crippen LogP contribution in [0.25, 0.3) is 0 Å². The molecule has 2 fully saturated rings. The molecule has 4 rings (SSSR count). The summed E-state index contributed by atoms with van der Waals surface area (Å²) in [6.45, 7) is 4.55. The third-order valence-electron chi connectivity index (χ3n) is 6.62. The first-order valence-corrected chi connectivity index (χ1v) is 13.1. The van der Waals surface area contributed by atoms with Crippen molar-refractivity contribution in [1.29, 1.82) is 0 Å². The van der Waals surface area contributed by atoms with E-state index in [1.54, 1.807) is 24.3 Å². The molecule has 2 aliphatic rings. The molecule has 2 aliphatic heterocycles. The van der Waals surface area contributed by atoms with Crippen molar-refractivity contribution >= 4 is 15.9 Å². The van der Waals surface area contributed by atoms with Gasteiger partial charge in [0.05, 0.1) is 4.90 Å². The summed E-state index contributed by atoms with van der Waals surface area (Å²) in [5.41, 5.74) is 1.33. The largest absolute Gasteiger partial charge is 0.356 e. The van der Waals surface area contributed by atoms with E-state index in [2.05, 4.69) is 34.5 Å². The molecule has 32 heavy (non-hydrogen) atoms. The fourth-order valence-corrected chi connectivity index (χ4v) is 6.28. The van der Waals surface area contributed by atoms with Crippen LogP contribution in [0.5, 0.6) is 0 Å². The molecule has 1 atom stereocenters. The van der Waals surface area contributed by atoms with E-state index < -0.39 is 10.0 Å². The Morgan fingerprint density at radius 1 is 0.906 bits per heavy atom. The van der Waals surface area contributed by atoms with Gasteiger partial charge in [0.1, 0.15) is 0 Å². The van der Waals surface area contributed by atoms with Crippen LogP contribution in [0.4, 0.5) is 0 Å². The second-order valence-corrected chi connectivity index (χ2v) is 10.9. The zero-order chi connectivity index (χ0) is 22.4. The number of likely N-dealkylation sites (tertiary alicyclic amines) is 1. The van der Waals surface area contributed by atoms with Crippen LogP contribution in [0.15, 0.2) is 65.6 Å². The highest BCUT2D eigenvalue weighted by molar-refractivity contribution is 7.89. The number of nitrogens with one attached hydrogen (secondary N) is 1. The van der Waals surface area contributed by atoms with E-state index in [4.69, 9.17) is 0 Å². The predicted molar refractivity (Wildman–Crippen MR) is 125 cm³/mol. The summed E-state index contributed by atoms with van der Waals surface area (Å²) in [5.74, 6) is 0.429. The van der Waals surface area contributed by atoms with Crippen molar-refractivity contribution in [2.24, 2.45) is 11.8 Å². The van der Waals surface area contributed by atoms with Gasteiger partial charge >= 0.3 is 0 Å². The quantitative estimate of drug-likeness (QED) is 0.697. The van der Waals surface area contributed by atoms with Crippen LogP contribution in [-0.2, 0) is 21.4 Å². The fourth-order valence-electron chi connectivity index (χ4n) is 4.79. The zero-order valence-corrected chi connectivity index (χ0v) is 19.3. The maximum absolute atomic E-state index is 12.8. The number of carbonyl (C=O) groups is 1. The molecule has 7 heteroatoms. The molecule has 0 spiro atoms. The van der Waals surface area contributed by atoms with Gasteiger partial charge in [-0.1, -0.05) is 48.5 Å². The van der Waals surface area contributed by atoms with E-state index >= 15 is 0 Å². The van der Waals surface area contributed by atoms with Crippen LogP contribution >= 0.6 is 0 Å². The topological polar surface area (TPSA) is 69.7 Å². The Morgan fingerprint density at radius 2 is 1.56 bits per heavy atom. The van der Waals surface area contributed by atoms with Gasteiger partial charge in [-0.15, -0.1) is 0 Å². The molecule has 2 saturated heterocycles. The summed E-state index contributed by atoms with van der Waals surface area (Å²) in [4.78, 5) is 15.5. The van der Waals surface area contributed by atoms with Crippen molar-refractivity contribution in [2.45, 2.75) is 37.1 Å². The first-order chi connectivity index (χ1) is 15.5. The number of hydrogen-bond donors (Lipinski definition) is 1. The molecule has 1 N–H and O–H groups in total. The average Bonchev–Trinajstić information content (AvgIpc) is 2.84. The van der Waals surface area contributed by atoms with E-state index in [-0.39, 0.29) is 11.8 Å². The highest BCUT2D eigenvalue weighted by Gasteiger charge is 2.32. The third-order valence-corrected chi connectivity index (χ3v) is 8.54. The van der Waals surface area contributed by atoms with Crippen LogP contribution in [0, 0.1) is 11.8 Å². The molecule has 1 unspecified atom stereocenters. The third kappa shape index (κ3) is 5.77. The van der Waals surface area contributed by atoms with Crippen molar-refractivity contribution in [3.8, 4) is 0 Å². The fraction of sp³-hybridized carbons (Fsp3) is 0.480. The lowest BCUT2D eigenvalue weighted by Crippen LogP contribution is -2.45. The average molecular weight is 456 g/mol. The Morgan fingerprint density at radius 3 is 2.25 bits per heavy atom. The van der Waals surface area contributed by atoms with Crippen LogP contribution in [0.1, 0.15) is 31.2 Å². The minimum absolute atomic E-state index is 0.0712. The van der Waals surface area contributed by atoms with E-state index in [1.165, 1.54) is 9.87 Å². The van der Waals surface area contributed by atoms with Gasteiger partial charge in [0.15, 0.2) is 0 Å². The lowest BCUT2D eigenvalue weighted by atomic mass is 9.95. The van der Waals surface area contributed by atoms with Gasteiger partial charge in [-0.25, -0.2) is 8.42 Å². The van der Waals surface area contributed by atoms with Gasteiger partial charge in [-0.3, -0.25) is 9.69 Å². The monoisotopic (exact) mass is 455 g/mol. The maximum atomic E-state index is 12.8. The Labute approximate surface area is 191 Å². The molecule has 0 saturated carbocycles. The van der Waals surface area contributed by atoms with E-state index in [0.717, 1.165) is 32.5 Å². The molecule has 0 radical (unpaired) electrons. The van der Waals surface area contributed by atoms with Crippen LogP contribution in [0.2, 0.25) is 0 Å². The summed E-state index contributed by atoms with van der Waals surface area (Å²) in [7, 11) is -3.48. The summed E-state index contributed by atoms with van der Waals surface area (Å²) >= 11 is 0. The number of nitrogens with zero attached hydrogens (tertiary/aromatic N) is 2. The smallest absolute Gasteiger partial charge is 0.243 e.